The molecule has 0 aromatic heterocycles. The number of amides is 2. The summed E-state index contributed by atoms with van der Waals surface area (Å²) in [6.07, 6.45) is 0.875. The van der Waals surface area contributed by atoms with E-state index < -0.39 is 0 Å². The quantitative estimate of drug-likeness (QED) is 0.695. The highest BCUT2D eigenvalue weighted by molar-refractivity contribution is 6.06. The summed E-state index contributed by atoms with van der Waals surface area (Å²) in [5, 5.41) is 0. The molecule has 1 aliphatic rings. The van der Waals surface area contributed by atoms with Crippen molar-refractivity contribution in [1.29, 1.82) is 0 Å². The van der Waals surface area contributed by atoms with Crippen LogP contribution in [-0.4, -0.2) is 30.3 Å². The van der Waals surface area contributed by atoms with E-state index in [1.807, 2.05) is 47.4 Å². The molecule has 4 rings (SSSR count). The molecule has 0 saturated heterocycles. The molecule has 0 atom stereocenters. The number of fused-ring (bicyclic) bond motifs is 1. The number of benzene rings is 3. The predicted octanol–water partition coefficient (Wildman–Crippen LogP) is 4.16. The lowest BCUT2D eigenvalue weighted by Gasteiger charge is -2.29. The zero-order chi connectivity index (χ0) is 19.5. The standard InChI is InChI=1S/C24H22N2O2/c1-25(22-9-3-2-4-10-22)23(27)19-11-13-20(14-12-19)24(28)26-16-15-18-7-5-6-8-21(18)17-26/h2-14H,15-17H2,1H3. The molecule has 1 heterocycles. The van der Waals surface area contributed by atoms with E-state index in [0.29, 0.717) is 24.2 Å². The van der Waals surface area contributed by atoms with Gasteiger partial charge < -0.3 is 9.80 Å². The molecular formula is C24H22N2O2. The van der Waals surface area contributed by atoms with Crippen LogP contribution in [0.15, 0.2) is 78.9 Å². The first-order valence-corrected chi connectivity index (χ1v) is 9.43. The van der Waals surface area contributed by atoms with Gasteiger partial charge in [0.15, 0.2) is 0 Å². The summed E-state index contributed by atoms with van der Waals surface area (Å²) in [5.41, 5.74) is 4.53. The molecule has 140 valence electrons. The molecule has 0 radical (unpaired) electrons. The maximum Gasteiger partial charge on any atom is 0.258 e. The van der Waals surface area contributed by atoms with Gasteiger partial charge in [0.05, 0.1) is 0 Å². The summed E-state index contributed by atoms with van der Waals surface area (Å²) in [7, 11) is 1.75. The number of carbonyl (C=O) groups is 2. The minimum Gasteiger partial charge on any atom is -0.334 e. The fourth-order valence-corrected chi connectivity index (χ4v) is 3.57. The van der Waals surface area contributed by atoms with Gasteiger partial charge in [-0.15, -0.1) is 0 Å². The Morgan fingerprint density at radius 3 is 2.11 bits per heavy atom. The van der Waals surface area contributed by atoms with E-state index in [9.17, 15) is 9.59 Å². The van der Waals surface area contributed by atoms with Gasteiger partial charge in [-0.1, -0.05) is 42.5 Å². The first kappa shape index (κ1) is 18.0. The number of para-hydroxylation sites is 1. The Hall–Kier alpha value is -3.40. The van der Waals surface area contributed by atoms with Crippen molar-refractivity contribution in [2.24, 2.45) is 0 Å². The zero-order valence-corrected chi connectivity index (χ0v) is 15.8. The third kappa shape index (κ3) is 3.54. The number of rotatable bonds is 3. The number of hydrogen-bond donors (Lipinski definition) is 0. The molecule has 0 saturated carbocycles. The largest absolute Gasteiger partial charge is 0.334 e. The number of nitrogens with zero attached hydrogens (tertiary/aromatic N) is 2. The third-order valence-corrected chi connectivity index (χ3v) is 5.24. The molecule has 3 aromatic carbocycles. The van der Waals surface area contributed by atoms with Crippen LogP contribution in [0, 0.1) is 0 Å². The summed E-state index contributed by atoms with van der Waals surface area (Å²) >= 11 is 0. The normalized spacial score (nSPS) is 13.0. The summed E-state index contributed by atoms with van der Waals surface area (Å²) < 4.78 is 0. The second-order valence-corrected chi connectivity index (χ2v) is 7.02. The Bertz CT molecular complexity index is 997. The van der Waals surface area contributed by atoms with E-state index in [1.54, 1.807) is 36.2 Å². The monoisotopic (exact) mass is 370 g/mol. The van der Waals surface area contributed by atoms with Crippen LogP contribution in [0.3, 0.4) is 0 Å². The van der Waals surface area contributed by atoms with Gasteiger partial charge in [0.25, 0.3) is 11.8 Å². The van der Waals surface area contributed by atoms with E-state index in [-0.39, 0.29) is 11.8 Å². The zero-order valence-electron chi connectivity index (χ0n) is 15.8. The van der Waals surface area contributed by atoms with Crippen LogP contribution in [0.1, 0.15) is 31.8 Å². The Kier molecular flexibility index (Phi) is 4.94. The molecule has 0 N–H and O–H groups in total. The molecule has 4 heteroatoms. The summed E-state index contributed by atoms with van der Waals surface area (Å²) in [4.78, 5) is 29.1. The van der Waals surface area contributed by atoms with Crippen LogP contribution in [-0.2, 0) is 13.0 Å². The molecular weight excluding hydrogens is 348 g/mol. The van der Waals surface area contributed by atoms with Crippen molar-refractivity contribution in [3.63, 3.8) is 0 Å². The van der Waals surface area contributed by atoms with E-state index in [2.05, 4.69) is 12.1 Å². The highest BCUT2D eigenvalue weighted by Crippen LogP contribution is 2.21. The van der Waals surface area contributed by atoms with Crippen LogP contribution in [0.5, 0.6) is 0 Å². The molecule has 4 nitrogen and oxygen atoms in total. The number of carbonyl (C=O) groups excluding carboxylic acids is 2. The maximum absolute atomic E-state index is 12.9. The Balaban J connectivity index is 1.47. The van der Waals surface area contributed by atoms with Crippen molar-refractivity contribution in [3.8, 4) is 0 Å². The molecule has 0 spiro atoms. The summed E-state index contributed by atoms with van der Waals surface area (Å²) in [6, 6.07) is 24.7. The van der Waals surface area contributed by atoms with Gasteiger partial charge in [-0.2, -0.15) is 0 Å². The van der Waals surface area contributed by atoms with Gasteiger partial charge in [-0.25, -0.2) is 0 Å². The van der Waals surface area contributed by atoms with Gasteiger partial charge in [0.1, 0.15) is 0 Å². The first-order valence-electron chi connectivity index (χ1n) is 9.43. The van der Waals surface area contributed by atoms with Crippen LogP contribution in [0.25, 0.3) is 0 Å². The molecule has 3 aromatic rings. The van der Waals surface area contributed by atoms with Crippen molar-refractivity contribution < 1.29 is 9.59 Å². The van der Waals surface area contributed by atoms with Crippen LogP contribution < -0.4 is 4.90 Å². The van der Waals surface area contributed by atoms with Gasteiger partial charge in [0, 0.05) is 37.0 Å². The van der Waals surface area contributed by atoms with Crippen LogP contribution >= 0.6 is 0 Å². The van der Waals surface area contributed by atoms with Crippen LogP contribution in [0.2, 0.25) is 0 Å². The van der Waals surface area contributed by atoms with Crippen molar-refractivity contribution >= 4 is 17.5 Å². The second kappa shape index (κ2) is 7.69. The lowest BCUT2D eigenvalue weighted by molar-refractivity contribution is 0.0734. The highest BCUT2D eigenvalue weighted by atomic mass is 16.2. The summed E-state index contributed by atoms with van der Waals surface area (Å²) in [5.74, 6) is -0.0954. The summed E-state index contributed by atoms with van der Waals surface area (Å²) in [6.45, 7) is 1.35. The van der Waals surface area contributed by atoms with Crippen molar-refractivity contribution in [3.05, 3.63) is 101 Å². The smallest absolute Gasteiger partial charge is 0.258 e. The van der Waals surface area contributed by atoms with E-state index in [4.69, 9.17) is 0 Å². The van der Waals surface area contributed by atoms with Gasteiger partial charge >= 0.3 is 0 Å². The molecule has 0 unspecified atom stereocenters. The van der Waals surface area contributed by atoms with Crippen LogP contribution in [0.4, 0.5) is 5.69 Å². The fraction of sp³-hybridized carbons (Fsp3) is 0.167. The lowest BCUT2D eigenvalue weighted by atomic mass is 9.99. The van der Waals surface area contributed by atoms with Crippen molar-refractivity contribution in [1.82, 2.24) is 4.90 Å². The van der Waals surface area contributed by atoms with E-state index in [1.165, 1.54) is 11.1 Å². The first-order chi connectivity index (χ1) is 13.6. The number of anilines is 1. The number of hydrogen-bond acceptors (Lipinski definition) is 2. The average Bonchev–Trinajstić information content (AvgIpc) is 2.78. The fourth-order valence-electron chi connectivity index (χ4n) is 3.57. The van der Waals surface area contributed by atoms with E-state index in [0.717, 1.165) is 12.1 Å². The SMILES string of the molecule is CN(C(=O)c1ccc(C(=O)N2CCc3ccccc3C2)cc1)c1ccccc1. The Morgan fingerprint density at radius 2 is 1.39 bits per heavy atom. The molecule has 0 fully saturated rings. The molecule has 2 amide bonds. The molecule has 0 aliphatic carbocycles. The van der Waals surface area contributed by atoms with Gasteiger partial charge in [0.2, 0.25) is 0 Å². The molecule has 28 heavy (non-hydrogen) atoms. The van der Waals surface area contributed by atoms with E-state index >= 15 is 0 Å². The van der Waals surface area contributed by atoms with Crippen molar-refractivity contribution in [2.45, 2.75) is 13.0 Å². The minimum absolute atomic E-state index is 0.00455. The minimum atomic E-state index is -0.0999. The second-order valence-electron chi connectivity index (χ2n) is 7.02. The molecule has 1 aliphatic heterocycles. The molecule has 0 bridgehead atoms. The predicted molar refractivity (Wildman–Crippen MR) is 111 cm³/mol. The average molecular weight is 370 g/mol. The van der Waals surface area contributed by atoms with Gasteiger partial charge in [-0.05, 0) is 53.9 Å². The maximum atomic E-state index is 12.9. The van der Waals surface area contributed by atoms with Crippen molar-refractivity contribution in [2.75, 3.05) is 18.5 Å². The Morgan fingerprint density at radius 1 is 0.786 bits per heavy atom. The highest BCUT2D eigenvalue weighted by Gasteiger charge is 2.22. The third-order valence-electron chi connectivity index (χ3n) is 5.24. The topological polar surface area (TPSA) is 40.6 Å². The van der Waals surface area contributed by atoms with Gasteiger partial charge in [-0.3, -0.25) is 9.59 Å². The Labute approximate surface area is 165 Å². The lowest BCUT2D eigenvalue weighted by Crippen LogP contribution is -2.36.